The van der Waals surface area contributed by atoms with E-state index in [2.05, 4.69) is 4.98 Å². The van der Waals surface area contributed by atoms with Crippen molar-refractivity contribution in [3.63, 3.8) is 0 Å². The lowest BCUT2D eigenvalue weighted by Crippen LogP contribution is -2.42. The van der Waals surface area contributed by atoms with Crippen molar-refractivity contribution in [2.75, 3.05) is 13.1 Å². The summed E-state index contributed by atoms with van der Waals surface area (Å²) in [4.78, 5) is 17.1. The highest BCUT2D eigenvalue weighted by molar-refractivity contribution is 5.94. The summed E-state index contributed by atoms with van der Waals surface area (Å²) in [6.45, 7) is 0.0536. The molecule has 19 heavy (non-hydrogen) atoms. The first kappa shape index (κ1) is 13.6. The number of aromatic nitrogens is 1. The van der Waals surface area contributed by atoms with Crippen LogP contribution in [0.1, 0.15) is 23.3 Å². The van der Waals surface area contributed by atoms with Crippen LogP contribution in [0, 0.1) is 5.92 Å². The molecule has 1 saturated heterocycles. The maximum Gasteiger partial charge on any atom is 0.391 e. The number of aromatic hydroxyl groups is 1. The molecule has 0 spiro atoms. The lowest BCUT2D eigenvalue weighted by molar-refractivity contribution is -0.183. The quantitative estimate of drug-likeness (QED) is 0.854. The lowest BCUT2D eigenvalue weighted by Gasteiger charge is -2.32. The van der Waals surface area contributed by atoms with Crippen molar-refractivity contribution >= 4 is 5.91 Å². The zero-order chi connectivity index (χ0) is 14.0. The van der Waals surface area contributed by atoms with Crippen molar-refractivity contribution in [3.05, 3.63) is 24.0 Å². The van der Waals surface area contributed by atoms with Crippen LogP contribution in [-0.4, -0.2) is 40.2 Å². The Balaban J connectivity index is 2.03. The molecule has 1 aromatic heterocycles. The van der Waals surface area contributed by atoms with Gasteiger partial charge in [0.05, 0.1) is 5.92 Å². The van der Waals surface area contributed by atoms with Crippen molar-refractivity contribution in [2.45, 2.75) is 19.0 Å². The molecule has 0 aromatic carbocycles. The first-order chi connectivity index (χ1) is 8.89. The molecule has 1 fully saturated rings. The fourth-order valence-electron chi connectivity index (χ4n) is 2.12. The average molecular weight is 274 g/mol. The van der Waals surface area contributed by atoms with Crippen LogP contribution in [0.2, 0.25) is 0 Å². The van der Waals surface area contributed by atoms with Gasteiger partial charge in [0.2, 0.25) is 0 Å². The van der Waals surface area contributed by atoms with Gasteiger partial charge in [-0.15, -0.1) is 0 Å². The molecule has 1 aliphatic rings. The maximum absolute atomic E-state index is 12.5. The van der Waals surface area contributed by atoms with Crippen LogP contribution in [0.4, 0.5) is 13.2 Å². The first-order valence-corrected chi connectivity index (χ1v) is 5.89. The Kier molecular flexibility index (Phi) is 3.64. The number of piperidine rings is 1. The summed E-state index contributed by atoms with van der Waals surface area (Å²) < 4.78 is 37.5. The van der Waals surface area contributed by atoms with Gasteiger partial charge < -0.3 is 10.0 Å². The number of carbonyl (C=O) groups excluding carboxylic acids is 1. The van der Waals surface area contributed by atoms with Crippen molar-refractivity contribution < 1.29 is 23.1 Å². The summed E-state index contributed by atoms with van der Waals surface area (Å²) in [7, 11) is 0. The van der Waals surface area contributed by atoms with Crippen LogP contribution in [0.3, 0.4) is 0 Å². The number of carbonyl (C=O) groups is 1. The summed E-state index contributed by atoms with van der Waals surface area (Å²) in [5, 5.41) is 9.50. The Morgan fingerprint density at radius 3 is 2.53 bits per heavy atom. The molecule has 0 aliphatic carbocycles. The van der Waals surface area contributed by atoms with Gasteiger partial charge in [0.15, 0.2) is 5.69 Å². The van der Waals surface area contributed by atoms with E-state index >= 15 is 0 Å². The molecule has 2 heterocycles. The SMILES string of the molecule is O=C(c1ncccc1O)N1CCC(C(F)(F)F)CC1. The van der Waals surface area contributed by atoms with Crippen LogP contribution in [-0.2, 0) is 0 Å². The highest BCUT2D eigenvalue weighted by Crippen LogP contribution is 2.34. The van der Waals surface area contributed by atoms with Crippen molar-refractivity contribution in [3.8, 4) is 5.75 Å². The van der Waals surface area contributed by atoms with Gasteiger partial charge in [0.1, 0.15) is 5.75 Å². The molecular weight excluding hydrogens is 261 g/mol. The van der Waals surface area contributed by atoms with E-state index in [0.29, 0.717) is 0 Å². The summed E-state index contributed by atoms with van der Waals surface area (Å²) >= 11 is 0. The minimum absolute atomic E-state index is 0.0268. The van der Waals surface area contributed by atoms with E-state index in [4.69, 9.17) is 0 Å². The van der Waals surface area contributed by atoms with Crippen molar-refractivity contribution in [1.82, 2.24) is 9.88 Å². The third kappa shape index (κ3) is 2.97. The van der Waals surface area contributed by atoms with Crippen LogP contribution in [0.5, 0.6) is 5.75 Å². The smallest absolute Gasteiger partial charge is 0.391 e. The molecule has 0 saturated carbocycles. The highest BCUT2D eigenvalue weighted by atomic mass is 19.4. The number of alkyl halides is 3. The number of likely N-dealkylation sites (tertiary alicyclic amines) is 1. The second-order valence-electron chi connectivity index (χ2n) is 4.48. The van der Waals surface area contributed by atoms with Crippen LogP contribution in [0.15, 0.2) is 18.3 Å². The molecule has 1 aromatic rings. The van der Waals surface area contributed by atoms with E-state index in [1.807, 2.05) is 0 Å². The van der Waals surface area contributed by atoms with Gasteiger partial charge in [0.25, 0.3) is 5.91 Å². The van der Waals surface area contributed by atoms with E-state index in [0.717, 1.165) is 0 Å². The van der Waals surface area contributed by atoms with Crippen LogP contribution >= 0.6 is 0 Å². The monoisotopic (exact) mass is 274 g/mol. The van der Waals surface area contributed by atoms with Gasteiger partial charge in [0, 0.05) is 19.3 Å². The summed E-state index contributed by atoms with van der Waals surface area (Å²) in [5.41, 5.74) is -0.118. The van der Waals surface area contributed by atoms with Crippen LogP contribution < -0.4 is 0 Å². The van der Waals surface area contributed by atoms with Gasteiger partial charge in [-0.1, -0.05) is 0 Å². The molecule has 0 bridgehead atoms. The Bertz CT molecular complexity index is 468. The third-order valence-electron chi connectivity index (χ3n) is 3.23. The molecule has 1 N–H and O–H groups in total. The predicted molar refractivity (Wildman–Crippen MR) is 60.6 cm³/mol. The number of rotatable bonds is 1. The Labute approximate surface area is 107 Å². The van der Waals surface area contributed by atoms with E-state index in [1.54, 1.807) is 0 Å². The summed E-state index contributed by atoms with van der Waals surface area (Å²) in [6.07, 6.45) is -3.07. The number of hydrogen-bond donors (Lipinski definition) is 1. The largest absolute Gasteiger partial charge is 0.505 e. The van der Waals surface area contributed by atoms with Gasteiger partial charge in [-0.2, -0.15) is 13.2 Å². The second kappa shape index (κ2) is 5.07. The van der Waals surface area contributed by atoms with E-state index in [-0.39, 0.29) is 37.4 Å². The minimum atomic E-state index is -4.21. The molecule has 0 radical (unpaired) electrons. The Morgan fingerprint density at radius 1 is 1.37 bits per heavy atom. The van der Waals surface area contributed by atoms with Gasteiger partial charge in [-0.05, 0) is 25.0 Å². The fraction of sp³-hybridized carbons (Fsp3) is 0.500. The molecule has 1 amide bonds. The fourth-order valence-corrected chi connectivity index (χ4v) is 2.12. The van der Waals surface area contributed by atoms with Crippen molar-refractivity contribution in [1.29, 1.82) is 0 Å². The highest BCUT2D eigenvalue weighted by Gasteiger charge is 2.42. The number of pyridine rings is 1. The number of hydrogen-bond acceptors (Lipinski definition) is 3. The maximum atomic E-state index is 12.5. The normalized spacial score (nSPS) is 17.5. The van der Waals surface area contributed by atoms with Gasteiger partial charge in [-0.25, -0.2) is 4.98 Å². The average Bonchev–Trinajstić information content (AvgIpc) is 2.38. The predicted octanol–water partition coefficient (Wildman–Crippen LogP) is 2.20. The van der Waals surface area contributed by atoms with Gasteiger partial charge >= 0.3 is 6.18 Å². The number of nitrogens with zero attached hydrogens (tertiary/aromatic N) is 2. The summed E-state index contributed by atoms with van der Waals surface area (Å²) in [5.74, 6) is -2.14. The molecule has 0 unspecified atom stereocenters. The lowest BCUT2D eigenvalue weighted by atomic mass is 9.96. The molecule has 2 rings (SSSR count). The Hall–Kier alpha value is -1.79. The molecule has 1 aliphatic heterocycles. The zero-order valence-corrected chi connectivity index (χ0v) is 10.0. The van der Waals surface area contributed by atoms with E-state index in [9.17, 15) is 23.1 Å². The number of halogens is 3. The Morgan fingerprint density at radius 2 is 2.00 bits per heavy atom. The second-order valence-corrected chi connectivity index (χ2v) is 4.48. The van der Waals surface area contributed by atoms with Crippen molar-refractivity contribution in [2.24, 2.45) is 5.92 Å². The first-order valence-electron chi connectivity index (χ1n) is 5.89. The van der Waals surface area contributed by atoms with Crippen LogP contribution in [0.25, 0.3) is 0 Å². The van der Waals surface area contributed by atoms with E-state index < -0.39 is 18.0 Å². The number of amides is 1. The standard InChI is InChI=1S/C12H13F3N2O2/c13-12(14,15)8-3-6-17(7-4-8)11(19)10-9(18)2-1-5-16-10/h1-2,5,8,18H,3-4,6-7H2. The third-order valence-corrected chi connectivity index (χ3v) is 3.23. The zero-order valence-electron chi connectivity index (χ0n) is 10.0. The van der Waals surface area contributed by atoms with E-state index in [1.165, 1.54) is 23.2 Å². The minimum Gasteiger partial charge on any atom is -0.505 e. The molecule has 0 atom stereocenters. The topological polar surface area (TPSA) is 53.4 Å². The molecular formula is C12H13F3N2O2. The van der Waals surface area contributed by atoms with Gasteiger partial charge in [-0.3, -0.25) is 4.79 Å². The molecule has 4 nitrogen and oxygen atoms in total. The molecule has 104 valence electrons. The molecule has 7 heteroatoms. The summed E-state index contributed by atoms with van der Waals surface area (Å²) in [6, 6.07) is 2.80.